The standard InChI is InChI=1S/C24H14F7N5O/c25-14-9-13(10-33-11-14)17(20(32)37)12-36-22(16-6-2-4-8-19(16)24(29,30)31)34-21(35-36)15-5-1-3-7-18(15)23(26,27)28/h1-12H,(H2,32,37). The number of amides is 1. The number of alkyl halides is 6. The SMILES string of the molecule is NC(=O)C(=Cn1nc(-c2ccccc2C(F)(F)F)nc1-c1ccccc1C(F)(F)F)c1cncc(F)c1. The zero-order valence-electron chi connectivity index (χ0n) is 18.3. The number of carbonyl (C=O) groups excluding carboxylic acids is 1. The Morgan fingerprint density at radius 1 is 0.865 bits per heavy atom. The largest absolute Gasteiger partial charge is 0.417 e. The molecule has 190 valence electrons. The molecule has 13 heteroatoms. The Hall–Kier alpha value is -4.55. The first-order valence-corrected chi connectivity index (χ1v) is 10.3. The van der Waals surface area contributed by atoms with Gasteiger partial charge in [-0.25, -0.2) is 14.1 Å². The summed E-state index contributed by atoms with van der Waals surface area (Å²) in [6.45, 7) is 0. The average molecular weight is 521 g/mol. The molecule has 37 heavy (non-hydrogen) atoms. The third-order valence-corrected chi connectivity index (χ3v) is 5.11. The molecule has 0 bridgehead atoms. The molecule has 0 radical (unpaired) electrons. The van der Waals surface area contributed by atoms with Crippen LogP contribution in [-0.4, -0.2) is 25.7 Å². The molecule has 0 fully saturated rings. The zero-order chi connectivity index (χ0) is 27.0. The number of benzene rings is 2. The minimum absolute atomic E-state index is 0.143. The van der Waals surface area contributed by atoms with Crippen molar-refractivity contribution >= 4 is 17.7 Å². The molecule has 2 heterocycles. The van der Waals surface area contributed by atoms with E-state index in [0.717, 1.165) is 61.1 Å². The Morgan fingerprint density at radius 3 is 2.00 bits per heavy atom. The van der Waals surface area contributed by atoms with Crippen molar-refractivity contribution in [3.8, 4) is 22.8 Å². The average Bonchev–Trinajstić information content (AvgIpc) is 3.25. The van der Waals surface area contributed by atoms with Crippen LogP contribution in [0, 0.1) is 5.82 Å². The van der Waals surface area contributed by atoms with Gasteiger partial charge in [-0.05, 0) is 18.2 Å². The van der Waals surface area contributed by atoms with E-state index in [1.807, 2.05) is 0 Å². The van der Waals surface area contributed by atoms with Gasteiger partial charge in [-0.2, -0.15) is 26.3 Å². The predicted molar refractivity (Wildman–Crippen MR) is 118 cm³/mol. The van der Waals surface area contributed by atoms with Crippen LogP contribution in [-0.2, 0) is 17.1 Å². The van der Waals surface area contributed by atoms with E-state index in [4.69, 9.17) is 5.73 Å². The van der Waals surface area contributed by atoms with E-state index in [9.17, 15) is 35.5 Å². The second kappa shape index (κ2) is 9.48. The van der Waals surface area contributed by atoms with Gasteiger partial charge in [-0.3, -0.25) is 9.78 Å². The van der Waals surface area contributed by atoms with E-state index < -0.39 is 63.6 Å². The molecule has 0 aliphatic carbocycles. The molecule has 4 aromatic rings. The maximum atomic E-state index is 13.8. The van der Waals surface area contributed by atoms with Crippen molar-refractivity contribution in [2.75, 3.05) is 0 Å². The van der Waals surface area contributed by atoms with Crippen LogP contribution in [0.5, 0.6) is 0 Å². The monoisotopic (exact) mass is 521 g/mol. The van der Waals surface area contributed by atoms with Crippen molar-refractivity contribution < 1.29 is 35.5 Å². The van der Waals surface area contributed by atoms with E-state index in [2.05, 4.69) is 15.1 Å². The Kier molecular flexibility index (Phi) is 6.55. The first kappa shape index (κ1) is 25.5. The van der Waals surface area contributed by atoms with Gasteiger partial charge in [0, 0.05) is 29.1 Å². The van der Waals surface area contributed by atoms with Crippen molar-refractivity contribution in [2.24, 2.45) is 5.73 Å². The maximum Gasteiger partial charge on any atom is 0.417 e. The van der Waals surface area contributed by atoms with Gasteiger partial charge in [0.1, 0.15) is 5.82 Å². The van der Waals surface area contributed by atoms with Crippen LogP contribution in [0.3, 0.4) is 0 Å². The lowest BCUT2D eigenvalue weighted by Crippen LogP contribution is -2.15. The third-order valence-electron chi connectivity index (χ3n) is 5.11. The number of carbonyl (C=O) groups is 1. The summed E-state index contributed by atoms with van der Waals surface area (Å²) in [7, 11) is 0. The van der Waals surface area contributed by atoms with Gasteiger partial charge in [-0.1, -0.05) is 36.4 Å². The molecule has 4 rings (SSSR count). The Morgan fingerprint density at radius 2 is 1.43 bits per heavy atom. The van der Waals surface area contributed by atoms with Crippen LogP contribution in [0.25, 0.3) is 34.5 Å². The molecule has 2 aromatic heterocycles. The topological polar surface area (TPSA) is 86.7 Å². The molecular formula is C24H14F7N5O. The van der Waals surface area contributed by atoms with E-state index in [0.29, 0.717) is 4.68 Å². The lowest BCUT2D eigenvalue weighted by Gasteiger charge is -2.12. The fourth-order valence-corrected chi connectivity index (χ4v) is 3.52. The molecule has 1 amide bonds. The van der Waals surface area contributed by atoms with Crippen molar-refractivity contribution in [1.82, 2.24) is 19.7 Å². The van der Waals surface area contributed by atoms with Crippen molar-refractivity contribution in [2.45, 2.75) is 12.4 Å². The Labute approximate surface area is 203 Å². The fourth-order valence-electron chi connectivity index (χ4n) is 3.52. The van der Waals surface area contributed by atoms with E-state index in [-0.39, 0.29) is 5.56 Å². The summed E-state index contributed by atoms with van der Waals surface area (Å²) in [5.41, 5.74) is 1.51. The number of rotatable bonds is 5. The number of aromatic nitrogens is 4. The summed E-state index contributed by atoms with van der Waals surface area (Å²) in [6.07, 6.45) is -6.92. The normalized spacial score (nSPS) is 12.6. The minimum Gasteiger partial charge on any atom is -0.366 e. The van der Waals surface area contributed by atoms with Crippen molar-refractivity contribution in [1.29, 1.82) is 0 Å². The number of primary amides is 1. The van der Waals surface area contributed by atoms with Gasteiger partial charge in [0.25, 0.3) is 5.91 Å². The summed E-state index contributed by atoms with van der Waals surface area (Å²) < 4.78 is 96.6. The zero-order valence-corrected chi connectivity index (χ0v) is 18.3. The van der Waals surface area contributed by atoms with Gasteiger partial charge < -0.3 is 5.73 Å². The molecule has 2 aromatic carbocycles. The number of halogens is 7. The van der Waals surface area contributed by atoms with Crippen LogP contribution in [0.1, 0.15) is 16.7 Å². The van der Waals surface area contributed by atoms with Crippen LogP contribution in [0.15, 0.2) is 67.0 Å². The second-order valence-electron chi connectivity index (χ2n) is 7.59. The van der Waals surface area contributed by atoms with Gasteiger partial charge in [-0.15, -0.1) is 5.10 Å². The van der Waals surface area contributed by atoms with Crippen LogP contribution in [0.4, 0.5) is 30.7 Å². The fraction of sp³-hybridized carbons (Fsp3) is 0.0833. The molecule has 6 nitrogen and oxygen atoms in total. The van der Waals surface area contributed by atoms with Crippen LogP contribution < -0.4 is 5.73 Å². The number of nitrogens with two attached hydrogens (primary N) is 1. The Balaban J connectivity index is 2.03. The number of hydrogen-bond acceptors (Lipinski definition) is 4. The van der Waals surface area contributed by atoms with Gasteiger partial charge in [0.15, 0.2) is 11.6 Å². The highest BCUT2D eigenvalue weighted by molar-refractivity contribution is 6.22. The van der Waals surface area contributed by atoms with E-state index in [1.165, 1.54) is 12.1 Å². The van der Waals surface area contributed by atoms with Gasteiger partial charge in [0.05, 0.1) is 22.9 Å². The van der Waals surface area contributed by atoms with Gasteiger partial charge in [0.2, 0.25) is 0 Å². The number of hydrogen-bond donors (Lipinski definition) is 1. The predicted octanol–water partition coefficient (Wildman–Crippen LogP) is 5.67. The smallest absolute Gasteiger partial charge is 0.366 e. The maximum absolute atomic E-state index is 13.8. The second-order valence-corrected chi connectivity index (χ2v) is 7.59. The van der Waals surface area contributed by atoms with E-state index >= 15 is 0 Å². The molecular weight excluding hydrogens is 507 g/mol. The summed E-state index contributed by atoms with van der Waals surface area (Å²) in [5.74, 6) is -3.08. The lowest BCUT2D eigenvalue weighted by atomic mass is 10.1. The highest BCUT2D eigenvalue weighted by Gasteiger charge is 2.37. The highest BCUT2D eigenvalue weighted by Crippen LogP contribution is 2.39. The third kappa shape index (κ3) is 5.34. The molecule has 0 saturated heterocycles. The molecule has 2 N–H and O–H groups in total. The first-order valence-electron chi connectivity index (χ1n) is 10.3. The van der Waals surface area contributed by atoms with E-state index in [1.54, 1.807) is 0 Å². The highest BCUT2D eigenvalue weighted by atomic mass is 19.4. The molecule has 0 aliphatic rings. The molecule has 0 aliphatic heterocycles. The van der Waals surface area contributed by atoms with Gasteiger partial charge >= 0.3 is 12.4 Å². The van der Waals surface area contributed by atoms with Crippen LogP contribution >= 0.6 is 0 Å². The summed E-state index contributed by atoms with van der Waals surface area (Å²) in [5, 5.41) is 3.96. The molecule has 0 saturated carbocycles. The Bertz CT molecular complexity index is 1510. The summed E-state index contributed by atoms with van der Waals surface area (Å²) in [6, 6.07) is 9.31. The minimum atomic E-state index is -4.86. The molecule has 0 atom stereocenters. The molecule has 0 unspecified atom stereocenters. The van der Waals surface area contributed by atoms with Crippen molar-refractivity contribution in [3.05, 3.63) is 89.5 Å². The number of nitrogens with zero attached hydrogens (tertiary/aromatic N) is 4. The molecule has 0 spiro atoms. The first-order chi connectivity index (χ1) is 17.4. The van der Waals surface area contributed by atoms with Crippen molar-refractivity contribution in [3.63, 3.8) is 0 Å². The van der Waals surface area contributed by atoms with Crippen LogP contribution in [0.2, 0.25) is 0 Å². The number of pyridine rings is 1. The quantitative estimate of drug-likeness (QED) is 0.271. The summed E-state index contributed by atoms with van der Waals surface area (Å²) in [4.78, 5) is 19.8. The lowest BCUT2D eigenvalue weighted by molar-refractivity contribution is -0.137. The summed E-state index contributed by atoms with van der Waals surface area (Å²) >= 11 is 0.